The third-order valence-corrected chi connectivity index (χ3v) is 2.80. The topological polar surface area (TPSA) is 51.0 Å². The lowest BCUT2D eigenvalue weighted by Gasteiger charge is -2.09. The molecule has 1 atom stereocenters. The van der Waals surface area contributed by atoms with Gasteiger partial charge in [-0.3, -0.25) is 0 Å². The minimum atomic E-state index is 0.506. The van der Waals surface area contributed by atoms with Crippen LogP contribution in [0.5, 0.6) is 0 Å². The molecule has 0 radical (unpaired) electrons. The second kappa shape index (κ2) is 7.43. The average molecular weight is 239 g/mol. The van der Waals surface area contributed by atoms with E-state index in [9.17, 15) is 0 Å². The van der Waals surface area contributed by atoms with Crippen molar-refractivity contribution in [3.05, 3.63) is 11.7 Å². The Labute approximate surface area is 104 Å². The van der Waals surface area contributed by atoms with Gasteiger partial charge in [0.2, 0.25) is 5.89 Å². The lowest BCUT2D eigenvalue weighted by molar-refractivity contribution is 0.362. The van der Waals surface area contributed by atoms with E-state index in [1.165, 1.54) is 0 Å². The molecule has 1 unspecified atom stereocenters. The Hall–Kier alpha value is -0.900. The molecular weight excluding hydrogens is 214 g/mol. The Bertz CT molecular complexity index is 309. The van der Waals surface area contributed by atoms with Gasteiger partial charge in [0.15, 0.2) is 5.82 Å². The van der Waals surface area contributed by atoms with Crippen LogP contribution in [-0.2, 0) is 12.8 Å². The van der Waals surface area contributed by atoms with Crippen molar-refractivity contribution in [3.63, 3.8) is 0 Å². The van der Waals surface area contributed by atoms with Gasteiger partial charge in [0, 0.05) is 18.9 Å². The number of rotatable bonds is 8. The van der Waals surface area contributed by atoms with Crippen LogP contribution >= 0.6 is 0 Å². The van der Waals surface area contributed by atoms with Crippen LogP contribution in [-0.4, -0.2) is 22.7 Å². The monoisotopic (exact) mass is 239 g/mol. The number of hydrogen-bond donors (Lipinski definition) is 1. The third-order valence-electron chi connectivity index (χ3n) is 2.80. The molecule has 17 heavy (non-hydrogen) atoms. The first-order valence-electron chi connectivity index (χ1n) is 6.66. The van der Waals surface area contributed by atoms with Gasteiger partial charge in [-0.25, -0.2) is 0 Å². The van der Waals surface area contributed by atoms with Crippen molar-refractivity contribution >= 4 is 0 Å². The molecule has 0 fully saturated rings. The SMILES string of the molecule is CCNC(C)CCc1nc(CCC(C)C)no1. The van der Waals surface area contributed by atoms with Crippen molar-refractivity contribution in [1.82, 2.24) is 15.5 Å². The summed E-state index contributed by atoms with van der Waals surface area (Å²) in [7, 11) is 0. The van der Waals surface area contributed by atoms with Crippen molar-refractivity contribution in [2.75, 3.05) is 6.54 Å². The molecule has 1 N–H and O–H groups in total. The molecule has 0 aromatic carbocycles. The molecule has 1 aromatic rings. The molecule has 1 aromatic heterocycles. The zero-order valence-corrected chi connectivity index (χ0v) is 11.5. The zero-order chi connectivity index (χ0) is 12.7. The molecule has 0 bridgehead atoms. The summed E-state index contributed by atoms with van der Waals surface area (Å²) >= 11 is 0. The summed E-state index contributed by atoms with van der Waals surface area (Å²) < 4.78 is 5.24. The van der Waals surface area contributed by atoms with E-state index in [0.29, 0.717) is 12.0 Å². The Kier molecular flexibility index (Phi) is 6.19. The molecule has 0 aliphatic rings. The second-order valence-electron chi connectivity index (χ2n) is 5.03. The molecule has 0 amide bonds. The van der Waals surface area contributed by atoms with E-state index in [1.807, 2.05) is 0 Å². The highest BCUT2D eigenvalue weighted by molar-refractivity contribution is 4.87. The Balaban J connectivity index is 2.30. The van der Waals surface area contributed by atoms with Gasteiger partial charge in [0.25, 0.3) is 0 Å². The summed E-state index contributed by atoms with van der Waals surface area (Å²) in [5, 5.41) is 7.38. The third kappa shape index (κ3) is 5.82. The standard InChI is InChI=1S/C13H25N3O/c1-5-14-11(4)7-9-13-15-12(16-17-13)8-6-10(2)3/h10-11,14H,5-9H2,1-4H3. The molecule has 0 spiro atoms. The predicted octanol–water partition coefficient (Wildman–Crippen LogP) is 2.59. The largest absolute Gasteiger partial charge is 0.339 e. The Morgan fingerprint density at radius 3 is 2.59 bits per heavy atom. The van der Waals surface area contributed by atoms with Gasteiger partial charge in [0.05, 0.1) is 0 Å². The Morgan fingerprint density at radius 2 is 1.94 bits per heavy atom. The van der Waals surface area contributed by atoms with Gasteiger partial charge in [-0.2, -0.15) is 4.98 Å². The van der Waals surface area contributed by atoms with Crippen molar-refractivity contribution in [3.8, 4) is 0 Å². The summed E-state index contributed by atoms with van der Waals surface area (Å²) in [5.74, 6) is 2.31. The van der Waals surface area contributed by atoms with Crippen LogP contribution in [0.25, 0.3) is 0 Å². The van der Waals surface area contributed by atoms with E-state index >= 15 is 0 Å². The molecule has 1 heterocycles. The van der Waals surface area contributed by atoms with E-state index in [2.05, 4.69) is 43.2 Å². The Morgan fingerprint density at radius 1 is 1.18 bits per heavy atom. The van der Waals surface area contributed by atoms with Gasteiger partial charge in [-0.1, -0.05) is 25.9 Å². The molecule has 0 aliphatic heterocycles. The van der Waals surface area contributed by atoms with E-state index in [4.69, 9.17) is 4.52 Å². The van der Waals surface area contributed by atoms with E-state index in [0.717, 1.165) is 43.9 Å². The number of aryl methyl sites for hydroxylation is 2. The number of nitrogens with one attached hydrogen (secondary N) is 1. The van der Waals surface area contributed by atoms with Gasteiger partial charge in [-0.05, 0) is 32.2 Å². The molecule has 0 aliphatic carbocycles. The van der Waals surface area contributed by atoms with Gasteiger partial charge in [0.1, 0.15) is 0 Å². The molecule has 0 saturated carbocycles. The summed E-state index contributed by atoms with van der Waals surface area (Å²) in [6.45, 7) is 9.72. The summed E-state index contributed by atoms with van der Waals surface area (Å²) in [5.41, 5.74) is 0. The maximum Gasteiger partial charge on any atom is 0.226 e. The zero-order valence-electron chi connectivity index (χ0n) is 11.5. The highest BCUT2D eigenvalue weighted by Crippen LogP contribution is 2.08. The average Bonchev–Trinajstić information content (AvgIpc) is 2.72. The molecule has 98 valence electrons. The lowest BCUT2D eigenvalue weighted by Crippen LogP contribution is -2.25. The quantitative estimate of drug-likeness (QED) is 0.757. The molecular formula is C13H25N3O. The summed E-state index contributed by atoms with van der Waals surface area (Å²) in [4.78, 5) is 4.41. The van der Waals surface area contributed by atoms with Crippen molar-refractivity contribution in [2.24, 2.45) is 5.92 Å². The van der Waals surface area contributed by atoms with E-state index in [-0.39, 0.29) is 0 Å². The highest BCUT2D eigenvalue weighted by atomic mass is 16.5. The molecule has 4 nitrogen and oxygen atoms in total. The smallest absolute Gasteiger partial charge is 0.226 e. The first-order valence-corrected chi connectivity index (χ1v) is 6.66. The fourth-order valence-electron chi connectivity index (χ4n) is 1.70. The summed E-state index contributed by atoms with van der Waals surface area (Å²) in [6.07, 6.45) is 3.94. The van der Waals surface area contributed by atoms with E-state index < -0.39 is 0 Å². The van der Waals surface area contributed by atoms with Crippen LogP contribution < -0.4 is 5.32 Å². The molecule has 0 saturated heterocycles. The highest BCUT2D eigenvalue weighted by Gasteiger charge is 2.08. The van der Waals surface area contributed by atoms with Crippen LogP contribution in [0.2, 0.25) is 0 Å². The van der Waals surface area contributed by atoms with E-state index in [1.54, 1.807) is 0 Å². The van der Waals surface area contributed by atoms with Gasteiger partial charge >= 0.3 is 0 Å². The predicted molar refractivity (Wildman–Crippen MR) is 68.9 cm³/mol. The van der Waals surface area contributed by atoms with Crippen LogP contribution in [0.15, 0.2) is 4.52 Å². The first kappa shape index (κ1) is 14.2. The first-order chi connectivity index (χ1) is 8.11. The molecule has 1 rings (SSSR count). The van der Waals surface area contributed by atoms with Crippen LogP contribution in [0.3, 0.4) is 0 Å². The number of hydrogen-bond acceptors (Lipinski definition) is 4. The van der Waals surface area contributed by atoms with Gasteiger partial charge < -0.3 is 9.84 Å². The second-order valence-corrected chi connectivity index (χ2v) is 5.03. The van der Waals surface area contributed by atoms with Crippen LogP contribution in [0.4, 0.5) is 0 Å². The number of nitrogens with zero attached hydrogens (tertiary/aromatic N) is 2. The van der Waals surface area contributed by atoms with Crippen molar-refractivity contribution < 1.29 is 4.52 Å². The normalized spacial score (nSPS) is 13.2. The fraction of sp³-hybridized carbons (Fsp3) is 0.846. The lowest BCUT2D eigenvalue weighted by atomic mass is 10.1. The number of aromatic nitrogens is 2. The minimum absolute atomic E-state index is 0.506. The summed E-state index contributed by atoms with van der Waals surface area (Å²) in [6, 6.07) is 0.506. The van der Waals surface area contributed by atoms with Crippen LogP contribution in [0, 0.1) is 5.92 Å². The van der Waals surface area contributed by atoms with Gasteiger partial charge in [-0.15, -0.1) is 0 Å². The maximum absolute atomic E-state index is 5.24. The van der Waals surface area contributed by atoms with Crippen LogP contribution in [0.1, 0.15) is 52.3 Å². The van der Waals surface area contributed by atoms with Crippen molar-refractivity contribution in [1.29, 1.82) is 0 Å². The fourth-order valence-corrected chi connectivity index (χ4v) is 1.70. The maximum atomic E-state index is 5.24. The van der Waals surface area contributed by atoms with Crippen molar-refractivity contribution in [2.45, 2.75) is 59.4 Å². The minimum Gasteiger partial charge on any atom is -0.339 e. The molecule has 4 heteroatoms.